The van der Waals surface area contributed by atoms with Gasteiger partial charge in [0.15, 0.2) is 0 Å². The fourth-order valence-electron chi connectivity index (χ4n) is 1.78. The molecule has 2 aromatic rings. The molecule has 0 unspecified atom stereocenters. The van der Waals surface area contributed by atoms with Gasteiger partial charge in [0.2, 0.25) is 5.96 Å². The molecule has 0 fully saturated rings. The Balaban J connectivity index is 2.29. The van der Waals surface area contributed by atoms with Gasteiger partial charge in [-0.15, -0.1) is 0 Å². The van der Waals surface area contributed by atoms with E-state index in [-0.39, 0.29) is 17.5 Å². The van der Waals surface area contributed by atoms with Crippen molar-refractivity contribution < 1.29 is 4.79 Å². The number of aliphatic imine (C=N–C) groups is 1. The van der Waals surface area contributed by atoms with Crippen LogP contribution in [0.4, 0.5) is 5.95 Å². The summed E-state index contributed by atoms with van der Waals surface area (Å²) in [5, 5.41) is 10.3. The topological polar surface area (TPSA) is 143 Å². The Bertz CT molecular complexity index is 795. The van der Waals surface area contributed by atoms with E-state index in [0.29, 0.717) is 0 Å². The predicted molar refractivity (Wildman–Crippen MR) is 84.8 cm³/mol. The molecule has 1 heterocycles. The quantitative estimate of drug-likeness (QED) is 0.370. The first-order chi connectivity index (χ1) is 10.5. The van der Waals surface area contributed by atoms with Crippen molar-refractivity contribution in [2.45, 2.75) is 6.92 Å². The number of aromatic nitrogens is 2. The van der Waals surface area contributed by atoms with Crippen LogP contribution in [0.15, 0.2) is 41.0 Å². The highest BCUT2D eigenvalue weighted by Crippen LogP contribution is 2.17. The summed E-state index contributed by atoms with van der Waals surface area (Å²) in [6.45, 7) is 1.84. The van der Waals surface area contributed by atoms with E-state index in [1.165, 1.54) is 0 Å². The molecule has 1 amide bonds. The zero-order chi connectivity index (χ0) is 16.1. The lowest BCUT2D eigenvalue weighted by molar-refractivity contribution is -0.115. The molecule has 8 heteroatoms. The SMILES string of the molecule is Cc1nc(/N=C(\N)NC(=O)/C(C=N)=C/N)nc2ccccc12. The predicted octanol–water partition coefficient (Wildman–Crippen LogP) is 0.493. The second-order valence-corrected chi connectivity index (χ2v) is 4.34. The van der Waals surface area contributed by atoms with Gasteiger partial charge in [0.05, 0.1) is 16.8 Å². The van der Waals surface area contributed by atoms with Crippen molar-refractivity contribution in [3.8, 4) is 0 Å². The summed E-state index contributed by atoms with van der Waals surface area (Å²) >= 11 is 0. The van der Waals surface area contributed by atoms with Crippen LogP contribution in [0.5, 0.6) is 0 Å². The summed E-state index contributed by atoms with van der Waals surface area (Å²) < 4.78 is 0. The van der Waals surface area contributed by atoms with Gasteiger partial charge in [-0.05, 0) is 13.0 Å². The van der Waals surface area contributed by atoms with Gasteiger partial charge in [-0.1, -0.05) is 18.2 Å². The summed E-state index contributed by atoms with van der Waals surface area (Å²) in [6.07, 6.45) is 1.82. The number of hydrogen-bond acceptors (Lipinski definition) is 6. The average Bonchev–Trinajstić information content (AvgIpc) is 2.48. The molecule has 8 nitrogen and oxygen atoms in total. The van der Waals surface area contributed by atoms with Gasteiger partial charge in [-0.3, -0.25) is 10.1 Å². The van der Waals surface area contributed by atoms with E-state index in [2.05, 4.69) is 20.3 Å². The Hall–Kier alpha value is -3.29. The van der Waals surface area contributed by atoms with Crippen LogP contribution in [0.25, 0.3) is 10.9 Å². The highest BCUT2D eigenvalue weighted by molar-refractivity contribution is 6.16. The van der Waals surface area contributed by atoms with Crippen molar-refractivity contribution in [1.29, 1.82) is 5.41 Å². The Morgan fingerprint density at radius 1 is 1.36 bits per heavy atom. The molecule has 0 aliphatic heterocycles. The number of nitrogens with two attached hydrogens (primary N) is 2. The number of carbonyl (C=O) groups is 1. The third kappa shape index (κ3) is 3.23. The monoisotopic (exact) mass is 297 g/mol. The summed E-state index contributed by atoms with van der Waals surface area (Å²) in [5.74, 6) is -0.667. The first kappa shape index (κ1) is 15.1. The van der Waals surface area contributed by atoms with E-state index >= 15 is 0 Å². The van der Waals surface area contributed by atoms with Gasteiger partial charge in [0, 0.05) is 17.8 Å². The molecule has 1 aromatic heterocycles. The lowest BCUT2D eigenvalue weighted by atomic mass is 10.2. The molecule has 0 aliphatic rings. The number of para-hydroxylation sites is 1. The third-order valence-corrected chi connectivity index (χ3v) is 2.84. The Kier molecular flexibility index (Phi) is 4.42. The largest absolute Gasteiger partial charge is 0.404 e. The Labute approximate surface area is 126 Å². The smallest absolute Gasteiger partial charge is 0.260 e. The van der Waals surface area contributed by atoms with Gasteiger partial charge in [0.1, 0.15) is 0 Å². The molecule has 0 spiro atoms. The maximum Gasteiger partial charge on any atom is 0.260 e. The van der Waals surface area contributed by atoms with Crippen LogP contribution in [0.1, 0.15) is 5.69 Å². The lowest BCUT2D eigenvalue weighted by Gasteiger charge is -2.05. The zero-order valence-electron chi connectivity index (χ0n) is 11.9. The van der Waals surface area contributed by atoms with E-state index in [4.69, 9.17) is 16.9 Å². The van der Waals surface area contributed by atoms with Crippen LogP contribution in [0.3, 0.4) is 0 Å². The fraction of sp³-hybridized carbons (Fsp3) is 0.0714. The molecule has 0 saturated heterocycles. The van der Waals surface area contributed by atoms with E-state index in [1.807, 2.05) is 31.2 Å². The number of nitrogens with one attached hydrogen (secondary N) is 2. The van der Waals surface area contributed by atoms with Gasteiger partial charge in [0.25, 0.3) is 11.9 Å². The van der Waals surface area contributed by atoms with Gasteiger partial charge >= 0.3 is 0 Å². The third-order valence-electron chi connectivity index (χ3n) is 2.84. The van der Waals surface area contributed by atoms with Crippen molar-refractivity contribution in [1.82, 2.24) is 15.3 Å². The number of hydrogen-bond donors (Lipinski definition) is 4. The van der Waals surface area contributed by atoms with E-state index < -0.39 is 5.91 Å². The van der Waals surface area contributed by atoms with Crippen molar-refractivity contribution in [3.63, 3.8) is 0 Å². The minimum absolute atomic E-state index is 0.0336. The normalized spacial score (nSPS) is 12.2. The molecule has 2 rings (SSSR count). The van der Waals surface area contributed by atoms with E-state index in [0.717, 1.165) is 29.0 Å². The maximum atomic E-state index is 11.7. The molecular formula is C14H15N7O. The second kappa shape index (κ2) is 6.44. The highest BCUT2D eigenvalue weighted by Gasteiger charge is 2.09. The van der Waals surface area contributed by atoms with E-state index in [9.17, 15) is 4.79 Å². The van der Waals surface area contributed by atoms with Gasteiger partial charge in [-0.25, -0.2) is 9.97 Å². The summed E-state index contributed by atoms with van der Waals surface area (Å²) in [4.78, 5) is 24.1. The van der Waals surface area contributed by atoms with E-state index in [1.54, 1.807) is 0 Å². The molecule has 6 N–H and O–H groups in total. The summed E-state index contributed by atoms with van der Waals surface area (Å²) in [6, 6.07) is 7.50. The Morgan fingerprint density at radius 3 is 2.77 bits per heavy atom. The zero-order valence-corrected chi connectivity index (χ0v) is 11.9. The van der Waals surface area contributed by atoms with Crippen molar-refractivity contribution in [3.05, 3.63) is 41.7 Å². The van der Waals surface area contributed by atoms with Gasteiger partial charge in [-0.2, -0.15) is 4.99 Å². The van der Waals surface area contributed by atoms with Crippen molar-refractivity contribution >= 4 is 34.9 Å². The van der Waals surface area contributed by atoms with Crippen LogP contribution in [0, 0.1) is 12.3 Å². The second-order valence-electron chi connectivity index (χ2n) is 4.34. The first-order valence-electron chi connectivity index (χ1n) is 6.36. The number of guanidine groups is 1. The molecule has 22 heavy (non-hydrogen) atoms. The lowest BCUT2D eigenvalue weighted by Crippen LogP contribution is -2.38. The highest BCUT2D eigenvalue weighted by atomic mass is 16.1. The standard InChI is InChI=1S/C14H15N7O/c1-8-10-4-2-3-5-11(10)19-14(18-8)21-13(17)20-12(22)9(6-15)7-16/h2-7,15H,16H2,1H3,(H3,17,18,19,20,21,22)/b9-7+,15-6?. The molecule has 0 radical (unpaired) electrons. The number of nitrogens with zero attached hydrogens (tertiary/aromatic N) is 3. The molecule has 0 saturated carbocycles. The number of amides is 1. The van der Waals surface area contributed by atoms with Crippen molar-refractivity contribution in [2.24, 2.45) is 16.5 Å². The number of rotatable bonds is 3. The van der Waals surface area contributed by atoms with Crippen LogP contribution in [-0.2, 0) is 4.79 Å². The van der Waals surface area contributed by atoms with Crippen LogP contribution in [0.2, 0.25) is 0 Å². The van der Waals surface area contributed by atoms with Crippen LogP contribution in [-0.4, -0.2) is 28.0 Å². The Morgan fingerprint density at radius 2 is 2.09 bits per heavy atom. The molecule has 0 bridgehead atoms. The van der Waals surface area contributed by atoms with Crippen LogP contribution < -0.4 is 16.8 Å². The fourth-order valence-corrected chi connectivity index (χ4v) is 1.78. The first-order valence-corrected chi connectivity index (χ1v) is 6.36. The maximum absolute atomic E-state index is 11.7. The minimum atomic E-state index is -0.628. The average molecular weight is 297 g/mol. The summed E-state index contributed by atoms with van der Waals surface area (Å²) in [7, 11) is 0. The number of benzene rings is 1. The molecule has 112 valence electrons. The molecule has 0 aliphatic carbocycles. The van der Waals surface area contributed by atoms with Crippen LogP contribution >= 0.6 is 0 Å². The molecular weight excluding hydrogens is 282 g/mol. The minimum Gasteiger partial charge on any atom is -0.404 e. The van der Waals surface area contributed by atoms with Gasteiger partial charge < -0.3 is 16.9 Å². The molecule has 0 atom stereocenters. The number of fused-ring (bicyclic) bond motifs is 1. The number of carbonyl (C=O) groups excluding carboxylic acids is 1. The molecule has 1 aromatic carbocycles. The van der Waals surface area contributed by atoms with Crippen molar-refractivity contribution in [2.75, 3.05) is 0 Å². The summed E-state index contributed by atoms with van der Waals surface area (Å²) in [5.41, 5.74) is 12.3. The number of aryl methyl sites for hydroxylation is 1.